The van der Waals surface area contributed by atoms with Gasteiger partial charge in [0.25, 0.3) is 0 Å². The second kappa shape index (κ2) is 4.27. The summed E-state index contributed by atoms with van der Waals surface area (Å²) in [5.41, 5.74) is 0.988. The Morgan fingerprint density at radius 1 is 1.33 bits per heavy atom. The minimum absolute atomic E-state index is 0.588. The number of hydrogen-bond acceptors (Lipinski definition) is 4. The first-order valence-electron chi connectivity index (χ1n) is 4.46. The summed E-state index contributed by atoms with van der Waals surface area (Å²) in [6.07, 6.45) is 0. The summed E-state index contributed by atoms with van der Waals surface area (Å²) in [5.74, 6) is 0.782. The third kappa shape index (κ3) is 2.44. The van der Waals surface area contributed by atoms with Gasteiger partial charge >= 0.3 is 0 Å². The number of halogens is 1. The predicted molar refractivity (Wildman–Crippen MR) is 57.6 cm³/mol. The van der Waals surface area contributed by atoms with Crippen molar-refractivity contribution in [2.45, 2.75) is 6.54 Å². The highest BCUT2D eigenvalue weighted by molar-refractivity contribution is 6.30. The molecule has 0 saturated carbocycles. The first kappa shape index (κ1) is 9.92. The maximum Gasteiger partial charge on any atom is 0.170 e. The predicted octanol–water partition coefficient (Wildman–Crippen LogP) is 1.48. The van der Waals surface area contributed by atoms with Gasteiger partial charge in [0.05, 0.1) is 6.54 Å². The van der Waals surface area contributed by atoms with Crippen LogP contribution in [0.2, 0.25) is 5.02 Å². The molecule has 0 atom stereocenters. The molecule has 0 saturated heterocycles. The van der Waals surface area contributed by atoms with E-state index in [4.69, 9.17) is 11.6 Å². The van der Waals surface area contributed by atoms with E-state index in [1.54, 1.807) is 11.7 Å². The number of hydrogen-bond donors (Lipinski definition) is 1. The number of nitrogens with one attached hydrogen (secondary N) is 1. The fourth-order valence-corrected chi connectivity index (χ4v) is 1.27. The van der Waals surface area contributed by atoms with Crippen molar-refractivity contribution in [2.75, 3.05) is 5.32 Å². The molecule has 1 N–H and O–H groups in total. The fourth-order valence-electron chi connectivity index (χ4n) is 1.15. The Kier molecular flexibility index (Phi) is 2.82. The van der Waals surface area contributed by atoms with E-state index in [-0.39, 0.29) is 0 Å². The molecule has 0 fully saturated rings. The second-order valence-corrected chi connectivity index (χ2v) is 3.52. The number of benzene rings is 1. The Bertz CT molecular complexity index is 436. The van der Waals surface area contributed by atoms with E-state index in [1.165, 1.54) is 0 Å². The van der Waals surface area contributed by atoms with E-state index in [0.717, 1.165) is 16.5 Å². The molecule has 0 unspecified atom stereocenters. The zero-order valence-corrected chi connectivity index (χ0v) is 8.94. The number of nitrogens with zero attached hydrogens (tertiary/aromatic N) is 4. The topological polar surface area (TPSA) is 55.6 Å². The summed E-state index contributed by atoms with van der Waals surface area (Å²) in [5, 5.41) is 15.1. The second-order valence-electron chi connectivity index (χ2n) is 3.08. The van der Waals surface area contributed by atoms with Crippen LogP contribution >= 0.6 is 11.6 Å². The van der Waals surface area contributed by atoms with Crippen LogP contribution in [-0.4, -0.2) is 20.2 Å². The van der Waals surface area contributed by atoms with Gasteiger partial charge < -0.3 is 5.32 Å². The van der Waals surface area contributed by atoms with Gasteiger partial charge in [-0.3, -0.25) is 0 Å². The molecule has 0 spiro atoms. The van der Waals surface area contributed by atoms with E-state index in [9.17, 15) is 0 Å². The fraction of sp³-hybridized carbons (Fsp3) is 0.222. The van der Waals surface area contributed by atoms with E-state index in [0.29, 0.717) is 6.54 Å². The van der Waals surface area contributed by atoms with Crippen LogP contribution in [0.5, 0.6) is 0 Å². The van der Waals surface area contributed by atoms with Gasteiger partial charge in [0, 0.05) is 17.8 Å². The number of aromatic nitrogens is 4. The molecule has 0 aliphatic carbocycles. The maximum atomic E-state index is 5.77. The molecule has 1 aromatic heterocycles. The van der Waals surface area contributed by atoms with Gasteiger partial charge in [-0.1, -0.05) is 11.6 Å². The Morgan fingerprint density at radius 2 is 2.07 bits per heavy atom. The monoisotopic (exact) mass is 223 g/mol. The van der Waals surface area contributed by atoms with Crippen LogP contribution in [0.1, 0.15) is 5.82 Å². The molecular formula is C9H10ClN5. The lowest BCUT2D eigenvalue weighted by Gasteiger charge is -2.04. The number of anilines is 1. The summed E-state index contributed by atoms with van der Waals surface area (Å²) in [6.45, 7) is 0.588. The van der Waals surface area contributed by atoms with Gasteiger partial charge in [0.15, 0.2) is 5.82 Å². The van der Waals surface area contributed by atoms with Gasteiger partial charge in [-0.15, -0.1) is 5.10 Å². The van der Waals surface area contributed by atoms with Crippen molar-refractivity contribution < 1.29 is 0 Å². The molecular weight excluding hydrogens is 214 g/mol. The number of tetrazole rings is 1. The van der Waals surface area contributed by atoms with Gasteiger partial charge in [-0.05, 0) is 34.7 Å². The lowest BCUT2D eigenvalue weighted by atomic mass is 10.3. The number of aryl methyl sites for hydroxylation is 1. The molecule has 0 bridgehead atoms. The van der Waals surface area contributed by atoms with Crippen LogP contribution in [-0.2, 0) is 13.6 Å². The highest BCUT2D eigenvalue weighted by Crippen LogP contribution is 2.13. The third-order valence-electron chi connectivity index (χ3n) is 2.00. The SMILES string of the molecule is Cn1nnnc1CNc1ccc(Cl)cc1. The van der Waals surface area contributed by atoms with Crippen molar-refractivity contribution >= 4 is 17.3 Å². The largest absolute Gasteiger partial charge is 0.378 e. The lowest BCUT2D eigenvalue weighted by Crippen LogP contribution is -2.06. The number of rotatable bonds is 3. The average Bonchev–Trinajstić information content (AvgIpc) is 2.63. The van der Waals surface area contributed by atoms with Crippen molar-refractivity contribution in [3.63, 3.8) is 0 Å². The zero-order chi connectivity index (χ0) is 10.7. The molecule has 6 heteroatoms. The molecule has 2 aromatic rings. The average molecular weight is 224 g/mol. The highest BCUT2D eigenvalue weighted by Gasteiger charge is 2.00. The van der Waals surface area contributed by atoms with Crippen LogP contribution < -0.4 is 5.32 Å². The Balaban J connectivity index is 1.99. The highest BCUT2D eigenvalue weighted by atomic mass is 35.5. The van der Waals surface area contributed by atoms with Crippen LogP contribution in [0, 0.1) is 0 Å². The Morgan fingerprint density at radius 3 is 2.67 bits per heavy atom. The minimum Gasteiger partial charge on any atom is -0.378 e. The van der Waals surface area contributed by atoms with Crippen LogP contribution in [0.15, 0.2) is 24.3 Å². The van der Waals surface area contributed by atoms with E-state index >= 15 is 0 Å². The molecule has 0 aliphatic heterocycles. The molecule has 0 amide bonds. The molecule has 0 radical (unpaired) electrons. The molecule has 2 rings (SSSR count). The summed E-state index contributed by atoms with van der Waals surface area (Å²) in [7, 11) is 1.80. The smallest absolute Gasteiger partial charge is 0.170 e. The normalized spacial score (nSPS) is 10.3. The molecule has 1 heterocycles. The molecule has 5 nitrogen and oxygen atoms in total. The van der Waals surface area contributed by atoms with E-state index in [2.05, 4.69) is 20.8 Å². The maximum absolute atomic E-state index is 5.77. The first-order valence-corrected chi connectivity index (χ1v) is 4.84. The quantitative estimate of drug-likeness (QED) is 0.856. The first-order chi connectivity index (χ1) is 7.25. The van der Waals surface area contributed by atoms with Crippen molar-refractivity contribution in [3.8, 4) is 0 Å². The summed E-state index contributed by atoms with van der Waals surface area (Å²) in [4.78, 5) is 0. The van der Waals surface area contributed by atoms with Crippen molar-refractivity contribution in [1.82, 2.24) is 20.2 Å². The third-order valence-corrected chi connectivity index (χ3v) is 2.25. The summed E-state index contributed by atoms with van der Waals surface area (Å²) in [6, 6.07) is 7.48. The van der Waals surface area contributed by atoms with Crippen molar-refractivity contribution in [1.29, 1.82) is 0 Å². The van der Waals surface area contributed by atoms with Crippen molar-refractivity contribution in [3.05, 3.63) is 35.1 Å². The molecule has 15 heavy (non-hydrogen) atoms. The van der Waals surface area contributed by atoms with Gasteiger partial charge in [0.2, 0.25) is 0 Å². The standard InChI is InChI=1S/C9H10ClN5/c1-15-9(12-13-14-15)6-11-8-4-2-7(10)3-5-8/h2-5,11H,6H2,1H3. The van der Waals surface area contributed by atoms with Gasteiger partial charge in [-0.25, -0.2) is 4.68 Å². The summed E-state index contributed by atoms with van der Waals surface area (Å²) >= 11 is 5.77. The van der Waals surface area contributed by atoms with Crippen LogP contribution in [0.4, 0.5) is 5.69 Å². The molecule has 0 aliphatic rings. The van der Waals surface area contributed by atoms with Crippen LogP contribution in [0.25, 0.3) is 0 Å². The zero-order valence-electron chi connectivity index (χ0n) is 8.18. The lowest BCUT2D eigenvalue weighted by molar-refractivity contribution is 0.683. The minimum atomic E-state index is 0.588. The van der Waals surface area contributed by atoms with Crippen LogP contribution in [0.3, 0.4) is 0 Å². The summed E-state index contributed by atoms with van der Waals surface area (Å²) < 4.78 is 1.63. The Hall–Kier alpha value is -1.62. The van der Waals surface area contributed by atoms with Crippen molar-refractivity contribution in [2.24, 2.45) is 7.05 Å². The van der Waals surface area contributed by atoms with E-state index < -0.39 is 0 Å². The van der Waals surface area contributed by atoms with Gasteiger partial charge in [0.1, 0.15) is 0 Å². The molecule has 78 valence electrons. The van der Waals surface area contributed by atoms with Gasteiger partial charge in [-0.2, -0.15) is 0 Å². The van der Waals surface area contributed by atoms with E-state index in [1.807, 2.05) is 24.3 Å². The molecule has 1 aromatic carbocycles. The Labute approximate surface area is 92.1 Å².